The maximum Gasteiger partial charge on any atom is 0.0639 e. The molecule has 0 aromatic rings. The molecule has 0 spiro atoms. The van der Waals surface area contributed by atoms with Gasteiger partial charge in [0.1, 0.15) is 0 Å². The average molecular weight is 159 g/mol. The Morgan fingerprint density at radius 2 is 1.91 bits per heavy atom. The fourth-order valence-electron chi connectivity index (χ4n) is 0.340. The van der Waals surface area contributed by atoms with Crippen LogP contribution in [0.4, 0.5) is 0 Å². The van der Waals surface area contributed by atoms with Gasteiger partial charge in [-0.05, 0) is 26.8 Å². The van der Waals surface area contributed by atoms with Gasteiger partial charge in [0.05, 0.1) is 5.97 Å². The van der Waals surface area contributed by atoms with Gasteiger partial charge < -0.3 is 14.6 Å². The molecule has 0 rings (SSSR count). The van der Waals surface area contributed by atoms with Gasteiger partial charge in [-0.2, -0.15) is 0 Å². The first-order valence-corrected chi connectivity index (χ1v) is 3.60. The molecular weight excluding hydrogens is 144 g/mol. The van der Waals surface area contributed by atoms with Crippen molar-refractivity contribution in [2.75, 3.05) is 13.2 Å². The minimum atomic E-state index is -1.14. The lowest BCUT2D eigenvalue weighted by molar-refractivity contribution is -0.297. The zero-order chi connectivity index (χ0) is 9.11. The van der Waals surface area contributed by atoms with Crippen LogP contribution in [-0.2, 0) is 9.53 Å². The standard InChI is InChI=1S/C4H6O2.C4H10O/c1-2-3-4(5)6;1-3-5-4-2/h2-3H,1H3,(H,5,6);3-4H2,1-2H3/p-1/b3-2+;. The van der Waals surface area contributed by atoms with E-state index in [-0.39, 0.29) is 0 Å². The van der Waals surface area contributed by atoms with E-state index in [2.05, 4.69) is 0 Å². The Kier molecular flexibility index (Phi) is 13.9. The van der Waals surface area contributed by atoms with E-state index in [0.717, 1.165) is 19.3 Å². The highest BCUT2D eigenvalue weighted by Gasteiger charge is 1.64. The minimum Gasteiger partial charge on any atom is -0.545 e. The van der Waals surface area contributed by atoms with E-state index in [9.17, 15) is 9.90 Å². The lowest BCUT2D eigenvalue weighted by Crippen LogP contribution is -2.18. The highest BCUT2D eigenvalue weighted by molar-refractivity contribution is 5.77. The summed E-state index contributed by atoms with van der Waals surface area (Å²) >= 11 is 0. The smallest absolute Gasteiger partial charge is 0.0639 e. The number of carboxylic acids is 1. The number of carbonyl (C=O) groups is 1. The van der Waals surface area contributed by atoms with Gasteiger partial charge in [0.25, 0.3) is 0 Å². The van der Waals surface area contributed by atoms with E-state index >= 15 is 0 Å². The van der Waals surface area contributed by atoms with Gasteiger partial charge in [0.2, 0.25) is 0 Å². The molecule has 0 N–H and O–H groups in total. The molecule has 11 heavy (non-hydrogen) atoms. The molecule has 0 heterocycles. The minimum absolute atomic E-state index is 0.844. The third-order valence-electron chi connectivity index (χ3n) is 0.711. The molecule has 0 saturated heterocycles. The Hall–Kier alpha value is -0.830. The van der Waals surface area contributed by atoms with Crippen LogP contribution in [0.3, 0.4) is 0 Å². The van der Waals surface area contributed by atoms with Gasteiger partial charge in [0, 0.05) is 13.2 Å². The molecule has 0 bridgehead atoms. The maximum atomic E-state index is 9.40. The van der Waals surface area contributed by atoms with Crippen LogP contribution in [0.5, 0.6) is 0 Å². The number of rotatable bonds is 3. The number of hydrogen-bond donors (Lipinski definition) is 0. The molecular formula is C8H15O3-. The zero-order valence-electron chi connectivity index (χ0n) is 7.29. The van der Waals surface area contributed by atoms with Crippen molar-refractivity contribution in [2.45, 2.75) is 20.8 Å². The zero-order valence-corrected chi connectivity index (χ0v) is 7.29. The Labute approximate surface area is 67.7 Å². The second-order valence-corrected chi connectivity index (χ2v) is 1.60. The van der Waals surface area contributed by atoms with E-state index in [1.54, 1.807) is 6.92 Å². The SMILES string of the molecule is C/C=C/C(=O)[O-].CCOCC. The van der Waals surface area contributed by atoms with Crippen LogP contribution in [0.25, 0.3) is 0 Å². The third kappa shape index (κ3) is 27.1. The summed E-state index contributed by atoms with van der Waals surface area (Å²) in [6.07, 6.45) is 2.38. The van der Waals surface area contributed by atoms with Crippen molar-refractivity contribution in [2.24, 2.45) is 0 Å². The first-order chi connectivity index (χ1) is 5.18. The second-order valence-electron chi connectivity index (χ2n) is 1.60. The summed E-state index contributed by atoms with van der Waals surface area (Å²) in [6, 6.07) is 0. The molecule has 0 unspecified atom stereocenters. The number of hydrogen-bond acceptors (Lipinski definition) is 3. The van der Waals surface area contributed by atoms with E-state index in [0.29, 0.717) is 0 Å². The van der Waals surface area contributed by atoms with Crippen molar-refractivity contribution < 1.29 is 14.6 Å². The molecule has 0 amide bonds. The number of aliphatic carboxylic acids is 1. The number of carboxylic acid groups (broad SMARTS) is 1. The van der Waals surface area contributed by atoms with Gasteiger partial charge in [0.15, 0.2) is 0 Å². The number of carbonyl (C=O) groups excluding carboxylic acids is 1. The van der Waals surface area contributed by atoms with Gasteiger partial charge >= 0.3 is 0 Å². The van der Waals surface area contributed by atoms with Crippen molar-refractivity contribution in [1.82, 2.24) is 0 Å². The molecule has 0 aromatic heterocycles. The third-order valence-corrected chi connectivity index (χ3v) is 0.711. The second kappa shape index (κ2) is 11.9. The van der Waals surface area contributed by atoms with Crippen LogP contribution < -0.4 is 5.11 Å². The molecule has 0 saturated carbocycles. The van der Waals surface area contributed by atoms with Crippen LogP contribution in [0, 0.1) is 0 Å². The summed E-state index contributed by atoms with van der Waals surface area (Å²) in [5.41, 5.74) is 0. The average Bonchev–Trinajstić information content (AvgIpc) is 1.90. The normalized spacial score (nSPS) is 9.00. The predicted octanol–water partition coefficient (Wildman–Crippen LogP) is 0.355. The summed E-state index contributed by atoms with van der Waals surface area (Å²) in [6.45, 7) is 7.29. The van der Waals surface area contributed by atoms with Crippen LogP contribution in [0.1, 0.15) is 20.8 Å². The van der Waals surface area contributed by atoms with E-state index in [1.165, 1.54) is 6.08 Å². The monoisotopic (exact) mass is 159 g/mol. The lowest BCUT2D eigenvalue weighted by Gasteiger charge is -1.86. The first-order valence-electron chi connectivity index (χ1n) is 3.60. The van der Waals surface area contributed by atoms with Crippen molar-refractivity contribution in [3.63, 3.8) is 0 Å². The number of allylic oxidation sites excluding steroid dienone is 1. The lowest BCUT2D eigenvalue weighted by atomic mass is 10.5. The van der Waals surface area contributed by atoms with Crippen LogP contribution >= 0.6 is 0 Å². The Morgan fingerprint density at radius 3 is 1.91 bits per heavy atom. The van der Waals surface area contributed by atoms with Gasteiger partial charge in [-0.1, -0.05) is 6.08 Å². The fraction of sp³-hybridized carbons (Fsp3) is 0.625. The highest BCUT2D eigenvalue weighted by Crippen LogP contribution is 1.64. The van der Waals surface area contributed by atoms with Gasteiger partial charge in [-0.15, -0.1) is 0 Å². The first kappa shape index (κ1) is 12.8. The summed E-state index contributed by atoms with van der Waals surface area (Å²) in [5, 5.41) is 9.40. The summed E-state index contributed by atoms with van der Waals surface area (Å²) in [4.78, 5) is 9.40. The molecule has 3 nitrogen and oxygen atoms in total. The topological polar surface area (TPSA) is 49.4 Å². The molecule has 3 heteroatoms. The van der Waals surface area contributed by atoms with E-state index in [4.69, 9.17) is 4.74 Å². The largest absolute Gasteiger partial charge is 0.545 e. The molecule has 0 aliphatic carbocycles. The van der Waals surface area contributed by atoms with Crippen molar-refractivity contribution in [3.8, 4) is 0 Å². The highest BCUT2D eigenvalue weighted by atomic mass is 16.5. The van der Waals surface area contributed by atoms with Crippen molar-refractivity contribution in [3.05, 3.63) is 12.2 Å². The van der Waals surface area contributed by atoms with Gasteiger partial charge in [-0.25, -0.2) is 0 Å². The molecule has 0 aliphatic heterocycles. The fourth-order valence-corrected chi connectivity index (χ4v) is 0.340. The molecule has 0 aromatic carbocycles. The van der Waals surface area contributed by atoms with E-state index < -0.39 is 5.97 Å². The predicted molar refractivity (Wildman–Crippen MR) is 42.0 cm³/mol. The molecule has 66 valence electrons. The number of ether oxygens (including phenoxy) is 1. The summed E-state index contributed by atoms with van der Waals surface area (Å²) in [7, 11) is 0. The maximum absolute atomic E-state index is 9.40. The molecule has 0 radical (unpaired) electrons. The molecule has 0 fully saturated rings. The molecule has 0 atom stereocenters. The van der Waals surface area contributed by atoms with Crippen LogP contribution in [0.2, 0.25) is 0 Å². The van der Waals surface area contributed by atoms with Crippen molar-refractivity contribution in [1.29, 1.82) is 0 Å². The van der Waals surface area contributed by atoms with Gasteiger partial charge in [-0.3, -0.25) is 0 Å². The Bertz CT molecular complexity index is 106. The summed E-state index contributed by atoms with van der Waals surface area (Å²) in [5.74, 6) is -1.14. The summed E-state index contributed by atoms with van der Waals surface area (Å²) < 4.78 is 4.83. The van der Waals surface area contributed by atoms with Crippen LogP contribution in [-0.4, -0.2) is 19.2 Å². The van der Waals surface area contributed by atoms with Crippen molar-refractivity contribution >= 4 is 5.97 Å². The molecule has 0 aliphatic rings. The Morgan fingerprint density at radius 1 is 1.45 bits per heavy atom. The van der Waals surface area contributed by atoms with Crippen LogP contribution in [0.15, 0.2) is 12.2 Å². The van der Waals surface area contributed by atoms with E-state index in [1.807, 2.05) is 13.8 Å². The Balaban J connectivity index is 0. The quantitative estimate of drug-likeness (QED) is 0.558.